The summed E-state index contributed by atoms with van der Waals surface area (Å²) < 4.78 is 5.56. The first-order valence-corrected chi connectivity index (χ1v) is 9.27. The molecule has 2 fully saturated rings. The van der Waals surface area contributed by atoms with Gasteiger partial charge in [0.1, 0.15) is 6.61 Å². The molecule has 1 saturated carbocycles. The number of anilines is 1. The fourth-order valence-corrected chi connectivity index (χ4v) is 3.21. The summed E-state index contributed by atoms with van der Waals surface area (Å²) in [6.45, 7) is 3.54. The Hall–Kier alpha value is -2.47. The van der Waals surface area contributed by atoms with Gasteiger partial charge in [-0.05, 0) is 30.5 Å². The highest BCUT2D eigenvalue weighted by atomic mass is 16.5. The summed E-state index contributed by atoms with van der Waals surface area (Å²) in [6, 6.07) is 14.1. The van der Waals surface area contributed by atoms with Crippen molar-refractivity contribution in [2.24, 2.45) is 0 Å². The second-order valence-corrected chi connectivity index (χ2v) is 6.94. The molecule has 136 valence electrons. The van der Waals surface area contributed by atoms with Crippen LogP contribution in [0.2, 0.25) is 0 Å². The van der Waals surface area contributed by atoms with Crippen molar-refractivity contribution in [1.29, 1.82) is 0 Å². The molecule has 6 heteroatoms. The number of hydrogen-bond acceptors (Lipinski definition) is 5. The Morgan fingerprint density at radius 2 is 1.77 bits per heavy atom. The van der Waals surface area contributed by atoms with Crippen LogP contribution in [0.4, 0.5) is 5.82 Å². The van der Waals surface area contributed by atoms with Gasteiger partial charge in [-0.15, -0.1) is 5.10 Å². The molecule has 1 amide bonds. The van der Waals surface area contributed by atoms with Crippen LogP contribution < -0.4 is 4.90 Å². The largest absolute Gasteiger partial charge is 0.367 e. The summed E-state index contributed by atoms with van der Waals surface area (Å²) in [7, 11) is 0. The second-order valence-electron chi connectivity index (χ2n) is 6.94. The Kier molecular flexibility index (Phi) is 5.11. The number of rotatable bonds is 6. The zero-order valence-electron chi connectivity index (χ0n) is 14.9. The summed E-state index contributed by atoms with van der Waals surface area (Å²) >= 11 is 0. The van der Waals surface area contributed by atoms with Gasteiger partial charge in [0.25, 0.3) is 0 Å². The topological polar surface area (TPSA) is 58.6 Å². The van der Waals surface area contributed by atoms with E-state index in [0.29, 0.717) is 25.6 Å². The monoisotopic (exact) mass is 352 g/mol. The van der Waals surface area contributed by atoms with Crippen LogP contribution in [0.1, 0.15) is 30.0 Å². The van der Waals surface area contributed by atoms with Crippen LogP contribution in [0.25, 0.3) is 0 Å². The summed E-state index contributed by atoms with van der Waals surface area (Å²) in [5, 5.41) is 8.71. The minimum absolute atomic E-state index is 0.0516. The van der Waals surface area contributed by atoms with Gasteiger partial charge in [-0.2, -0.15) is 5.10 Å². The van der Waals surface area contributed by atoms with Gasteiger partial charge in [-0.1, -0.05) is 30.3 Å². The first-order chi connectivity index (χ1) is 12.8. The first-order valence-electron chi connectivity index (χ1n) is 9.27. The molecule has 6 nitrogen and oxygen atoms in total. The lowest BCUT2D eigenvalue weighted by molar-refractivity contribution is -0.136. The summed E-state index contributed by atoms with van der Waals surface area (Å²) in [5.74, 6) is 1.58. The Morgan fingerprint density at radius 1 is 1.00 bits per heavy atom. The van der Waals surface area contributed by atoms with E-state index in [4.69, 9.17) is 4.74 Å². The van der Waals surface area contributed by atoms with Gasteiger partial charge in [0.2, 0.25) is 5.91 Å². The number of ether oxygens (including phenoxy) is 1. The molecule has 1 aliphatic heterocycles. The lowest BCUT2D eigenvalue weighted by Gasteiger charge is -2.35. The van der Waals surface area contributed by atoms with E-state index in [1.54, 1.807) is 0 Å². The lowest BCUT2D eigenvalue weighted by atomic mass is 10.2. The van der Waals surface area contributed by atoms with Crippen molar-refractivity contribution in [1.82, 2.24) is 15.1 Å². The van der Waals surface area contributed by atoms with Gasteiger partial charge in [-0.25, -0.2) is 0 Å². The van der Waals surface area contributed by atoms with E-state index in [2.05, 4.69) is 27.2 Å². The molecule has 2 aliphatic rings. The Labute approximate surface area is 153 Å². The maximum atomic E-state index is 12.3. The van der Waals surface area contributed by atoms with E-state index in [1.165, 1.54) is 12.8 Å². The number of carbonyl (C=O) groups excluding carboxylic acids is 1. The smallest absolute Gasteiger partial charge is 0.248 e. The maximum absolute atomic E-state index is 12.3. The molecule has 4 rings (SSSR count). The Balaban J connectivity index is 1.21. The molecular formula is C20H24N4O2. The van der Waals surface area contributed by atoms with Crippen molar-refractivity contribution < 1.29 is 9.53 Å². The molecule has 1 aromatic carbocycles. The maximum Gasteiger partial charge on any atom is 0.248 e. The number of nitrogens with zero attached hydrogens (tertiary/aromatic N) is 4. The molecule has 2 heterocycles. The van der Waals surface area contributed by atoms with Crippen molar-refractivity contribution in [3.05, 3.63) is 53.7 Å². The van der Waals surface area contributed by atoms with Crippen LogP contribution >= 0.6 is 0 Å². The molecule has 1 saturated heterocycles. The van der Waals surface area contributed by atoms with Crippen LogP contribution in [0.3, 0.4) is 0 Å². The van der Waals surface area contributed by atoms with E-state index in [9.17, 15) is 4.79 Å². The normalized spacial score (nSPS) is 17.4. The Morgan fingerprint density at radius 3 is 2.42 bits per heavy atom. The van der Waals surface area contributed by atoms with E-state index in [1.807, 2.05) is 35.2 Å². The second kappa shape index (κ2) is 7.83. The molecule has 0 unspecified atom stereocenters. The molecule has 0 radical (unpaired) electrons. The summed E-state index contributed by atoms with van der Waals surface area (Å²) in [5.41, 5.74) is 2.19. The molecule has 1 aromatic heterocycles. The van der Waals surface area contributed by atoms with E-state index < -0.39 is 0 Å². The molecule has 2 aromatic rings. The number of piperazine rings is 1. The van der Waals surface area contributed by atoms with Gasteiger partial charge < -0.3 is 14.5 Å². The van der Waals surface area contributed by atoms with E-state index in [0.717, 1.165) is 30.2 Å². The minimum Gasteiger partial charge on any atom is -0.367 e. The molecule has 0 atom stereocenters. The zero-order valence-corrected chi connectivity index (χ0v) is 14.9. The van der Waals surface area contributed by atoms with Crippen LogP contribution in [-0.4, -0.2) is 53.8 Å². The fraction of sp³-hybridized carbons (Fsp3) is 0.450. The number of hydrogen-bond donors (Lipinski definition) is 0. The number of carbonyl (C=O) groups is 1. The highest BCUT2D eigenvalue weighted by Crippen LogP contribution is 2.38. The standard InChI is InChI=1S/C20H24N4O2/c25-20(15-26-14-16-4-2-1-3-5-16)24-12-10-23(11-13-24)19-9-8-18(21-22-19)17-6-7-17/h1-5,8-9,17H,6-7,10-15H2. The molecule has 0 bridgehead atoms. The van der Waals surface area contributed by atoms with Crippen molar-refractivity contribution in [3.63, 3.8) is 0 Å². The first kappa shape index (κ1) is 17.0. The third-order valence-electron chi connectivity index (χ3n) is 4.96. The zero-order chi connectivity index (χ0) is 17.8. The van der Waals surface area contributed by atoms with Gasteiger partial charge in [0.05, 0.1) is 12.3 Å². The van der Waals surface area contributed by atoms with Gasteiger partial charge in [0, 0.05) is 32.1 Å². The van der Waals surface area contributed by atoms with Crippen molar-refractivity contribution in [2.45, 2.75) is 25.4 Å². The molecule has 26 heavy (non-hydrogen) atoms. The average Bonchev–Trinajstić information content (AvgIpc) is 3.54. The SMILES string of the molecule is O=C(COCc1ccccc1)N1CCN(c2ccc(C3CC3)nn2)CC1. The molecule has 0 spiro atoms. The van der Waals surface area contributed by atoms with Gasteiger partial charge in [0.15, 0.2) is 5.82 Å². The van der Waals surface area contributed by atoms with E-state index in [-0.39, 0.29) is 12.5 Å². The van der Waals surface area contributed by atoms with Crippen molar-refractivity contribution in [3.8, 4) is 0 Å². The predicted molar refractivity (Wildman–Crippen MR) is 98.9 cm³/mol. The van der Waals surface area contributed by atoms with Crippen LogP contribution in [0.15, 0.2) is 42.5 Å². The highest BCUT2D eigenvalue weighted by Gasteiger charge is 2.26. The number of aromatic nitrogens is 2. The number of benzene rings is 1. The summed E-state index contributed by atoms with van der Waals surface area (Å²) in [6.07, 6.45) is 2.47. The highest BCUT2D eigenvalue weighted by molar-refractivity contribution is 5.77. The Bertz CT molecular complexity index is 723. The average molecular weight is 352 g/mol. The minimum atomic E-state index is 0.0516. The lowest BCUT2D eigenvalue weighted by Crippen LogP contribution is -2.50. The molecule has 1 aliphatic carbocycles. The molecule has 0 N–H and O–H groups in total. The van der Waals surface area contributed by atoms with Crippen LogP contribution in [0.5, 0.6) is 0 Å². The van der Waals surface area contributed by atoms with Gasteiger partial charge in [-0.3, -0.25) is 4.79 Å². The third kappa shape index (κ3) is 4.19. The fourth-order valence-electron chi connectivity index (χ4n) is 3.21. The van der Waals surface area contributed by atoms with Crippen LogP contribution in [-0.2, 0) is 16.1 Å². The van der Waals surface area contributed by atoms with Crippen molar-refractivity contribution >= 4 is 11.7 Å². The quantitative estimate of drug-likeness (QED) is 0.798. The van der Waals surface area contributed by atoms with E-state index >= 15 is 0 Å². The third-order valence-corrected chi connectivity index (χ3v) is 4.96. The predicted octanol–water partition coefficient (Wildman–Crippen LogP) is 2.22. The summed E-state index contributed by atoms with van der Waals surface area (Å²) in [4.78, 5) is 16.4. The van der Waals surface area contributed by atoms with Gasteiger partial charge >= 0.3 is 0 Å². The number of amides is 1. The van der Waals surface area contributed by atoms with Crippen molar-refractivity contribution in [2.75, 3.05) is 37.7 Å². The molecular weight excluding hydrogens is 328 g/mol. The van der Waals surface area contributed by atoms with Crippen LogP contribution in [0, 0.1) is 0 Å².